The molecule has 88 valence electrons. The van der Waals surface area contributed by atoms with Gasteiger partial charge in [-0.3, -0.25) is 0 Å². The van der Waals surface area contributed by atoms with Gasteiger partial charge in [0.2, 0.25) is 0 Å². The van der Waals surface area contributed by atoms with E-state index in [0.717, 1.165) is 5.56 Å². The first-order valence-corrected chi connectivity index (χ1v) is 5.92. The average Bonchev–Trinajstić information content (AvgIpc) is 2.20. The zero-order valence-electron chi connectivity index (χ0n) is 9.14. The lowest BCUT2D eigenvalue weighted by Crippen LogP contribution is -2.13. The Morgan fingerprint density at radius 3 is 2.19 bits per heavy atom. The van der Waals surface area contributed by atoms with Crippen LogP contribution in [0.2, 0.25) is 0 Å². The summed E-state index contributed by atoms with van der Waals surface area (Å²) in [6.07, 6.45) is 0. The van der Waals surface area contributed by atoms with Crippen LogP contribution < -0.4 is 4.74 Å². The van der Waals surface area contributed by atoms with Gasteiger partial charge in [-0.25, -0.2) is 13.2 Å². The fourth-order valence-electron chi connectivity index (χ4n) is 1.23. The van der Waals surface area contributed by atoms with E-state index in [-0.39, 0.29) is 10.6 Å². The van der Waals surface area contributed by atoms with Crippen molar-refractivity contribution in [2.45, 2.75) is 18.7 Å². The van der Waals surface area contributed by atoms with Gasteiger partial charge in [-0.05, 0) is 37.1 Å². The van der Waals surface area contributed by atoms with Gasteiger partial charge in [0.25, 0.3) is 9.84 Å². The zero-order chi connectivity index (χ0) is 12.5. The van der Waals surface area contributed by atoms with Crippen molar-refractivity contribution in [3.8, 4) is 5.75 Å². The summed E-state index contributed by atoms with van der Waals surface area (Å²) in [4.78, 5) is 10.3. The summed E-state index contributed by atoms with van der Waals surface area (Å²) in [5.41, 5.74) is 1.53. The topological polar surface area (TPSA) is 80.7 Å². The number of hydrogen-bond acceptors (Lipinski definition) is 4. The molecule has 0 saturated carbocycles. The number of rotatable bonds is 2. The summed E-state index contributed by atoms with van der Waals surface area (Å²) in [6, 6.07) is 2.81. The second-order valence-corrected chi connectivity index (χ2v) is 5.15. The summed E-state index contributed by atoms with van der Waals surface area (Å²) in [5, 5.41) is 6.75. The molecular formula is C10H12O5S. The maximum absolute atomic E-state index is 11.5. The molecule has 0 atom stereocenters. The van der Waals surface area contributed by atoms with Crippen LogP contribution >= 0.6 is 0 Å². The molecule has 5 nitrogen and oxygen atoms in total. The van der Waals surface area contributed by atoms with Crippen LogP contribution in [-0.4, -0.2) is 25.9 Å². The van der Waals surface area contributed by atoms with Gasteiger partial charge in [0.15, 0.2) is 0 Å². The highest BCUT2D eigenvalue weighted by molar-refractivity contribution is 8.05. The van der Waals surface area contributed by atoms with E-state index in [4.69, 9.17) is 9.84 Å². The normalized spacial score (nSPS) is 11.2. The molecule has 0 spiro atoms. The SMILES string of the molecule is COc1cc(C)c(C)cc1S(=O)(=O)C(=O)O. The molecule has 1 aromatic rings. The number of sulfone groups is 1. The predicted molar refractivity (Wildman–Crippen MR) is 57.7 cm³/mol. The average molecular weight is 244 g/mol. The quantitative estimate of drug-likeness (QED) is 0.857. The monoisotopic (exact) mass is 244 g/mol. The fraction of sp³-hybridized carbons (Fsp3) is 0.300. The van der Waals surface area contributed by atoms with E-state index in [0.29, 0.717) is 5.56 Å². The maximum Gasteiger partial charge on any atom is 0.427 e. The van der Waals surface area contributed by atoms with E-state index in [9.17, 15) is 13.2 Å². The Labute approximate surface area is 93.6 Å². The molecule has 0 saturated heterocycles. The number of carbonyl (C=O) groups is 1. The number of benzene rings is 1. The Balaban J connectivity index is 3.57. The maximum atomic E-state index is 11.5. The van der Waals surface area contributed by atoms with Crippen LogP contribution in [0.1, 0.15) is 11.1 Å². The molecule has 0 aromatic heterocycles. The first kappa shape index (κ1) is 12.5. The van der Waals surface area contributed by atoms with Crippen LogP contribution in [0.25, 0.3) is 0 Å². The number of aryl methyl sites for hydroxylation is 2. The van der Waals surface area contributed by atoms with Crippen LogP contribution in [0.3, 0.4) is 0 Å². The second-order valence-electron chi connectivity index (χ2n) is 3.36. The van der Waals surface area contributed by atoms with Crippen molar-refractivity contribution in [1.29, 1.82) is 0 Å². The summed E-state index contributed by atoms with van der Waals surface area (Å²) < 4.78 is 27.9. The minimum absolute atomic E-state index is 0.0468. The lowest BCUT2D eigenvalue weighted by Gasteiger charge is -2.09. The molecule has 16 heavy (non-hydrogen) atoms. The van der Waals surface area contributed by atoms with Gasteiger partial charge < -0.3 is 9.84 Å². The highest BCUT2D eigenvalue weighted by Gasteiger charge is 2.28. The van der Waals surface area contributed by atoms with E-state index in [2.05, 4.69) is 0 Å². The first-order valence-electron chi connectivity index (χ1n) is 4.44. The molecule has 0 aliphatic rings. The largest absolute Gasteiger partial charge is 0.495 e. The van der Waals surface area contributed by atoms with Crippen molar-refractivity contribution >= 4 is 15.1 Å². The summed E-state index contributed by atoms with van der Waals surface area (Å²) in [5.74, 6) is 0.0468. The molecule has 0 fully saturated rings. The number of ether oxygens (including phenoxy) is 1. The van der Waals surface area contributed by atoms with Crippen LogP contribution in [0.5, 0.6) is 5.75 Å². The van der Waals surface area contributed by atoms with Crippen molar-refractivity contribution in [2.24, 2.45) is 0 Å². The standard InChI is InChI=1S/C10H12O5S/c1-6-4-8(15-3)9(5-7(6)2)16(13,14)10(11)12/h4-5H,1-3H3,(H,11,12). The molecule has 1 N–H and O–H groups in total. The molecule has 0 amide bonds. The van der Waals surface area contributed by atoms with E-state index < -0.39 is 15.1 Å². The molecule has 0 aliphatic heterocycles. The number of carboxylic acid groups (broad SMARTS) is 1. The van der Waals surface area contributed by atoms with E-state index >= 15 is 0 Å². The van der Waals surface area contributed by atoms with Crippen LogP contribution in [-0.2, 0) is 9.84 Å². The van der Waals surface area contributed by atoms with Crippen molar-refractivity contribution in [3.63, 3.8) is 0 Å². The van der Waals surface area contributed by atoms with Gasteiger partial charge in [-0.2, -0.15) is 0 Å². The number of methoxy groups -OCH3 is 1. The van der Waals surface area contributed by atoms with E-state index in [1.165, 1.54) is 19.2 Å². The highest BCUT2D eigenvalue weighted by Crippen LogP contribution is 2.28. The Hall–Kier alpha value is -1.56. The minimum Gasteiger partial charge on any atom is -0.495 e. The van der Waals surface area contributed by atoms with Gasteiger partial charge in [0, 0.05) is 0 Å². The Bertz CT molecular complexity index is 530. The molecule has 0 radical (unpaired) electrons. The van der Waals surface area contributed by atoms with Gasteiger partial charge >= 0.3 is 5.30 Å². The molecule has 0 unspecified atom stereocenters. The molecule has 0 aliphatic carbocycles. The van der Waals surface area contributed by atoms with Crippen molar-refractivity contribution in [3.05, 3.63) is 23.3 Å². The van der Waals surface area contributed by atoms with Crippen LogP contribution in [0, 0.1) is 13.8 Å². The van der Waals surface area contributed by atoms with Crippen molar-refractivity contribution < 1.29 is 23.1 Å². The molecular weight excluding hydrogens is 232 g/mol. The smallest absolute Gasteiger partial charge is 0.427 e. The predicted octanol–water partition coefficient (Wildman–Crippen LogP) is 1.76. The molecule has 6 heteroatoms. The Morgan fingerprint density at radius 1 is 1.25 bits per heavy atom. The van der Waals surface area contributed by atoms with E-state index in [1.54, 1.807) is 13.8 Å². The van der Waals surface area contributed by atoms with Gasteiger partial charge in [0.1, 0.15) is 10.6 Å². The summed E-state index contributed by atoms with van der Waals surface area (Å²) in [6.45, 7) is 3.49. The van der Waals surface area contributed by atoms with Crippen LogP contribution in [0.15, 0.2) is 17.0 Å². The van der Waals surface area contributed by atoms with Gasteiger partial charge in [-0.15, -0.1) is 0 Å². The molecule has 0 heterocycles. The van der Waals surface area contributed by atoms with Crippen molar-refractivity contribution in [1.82, 2.24) is 0 Å². The lowest BCUT2D eigenvalue weighted by atomic mass is 10.1. The molecule has 1 rings (SSSR count). The molecule has 0 bridgehead atoms. The Kier molecular flexibility index (Phi) is 3.23. The summed E-state index contributed by atoms with van der Waals surface area (Å²) in [7, 11) is -3.07. The van der Waals surface area contributed by atoms with Crippen molar-refractivity contribution in [2.75, 3.05) is 7.11 Å². The lowest BCUT2D eigenvalue weighted by molar-refractivity contribution is 0.219. The van der Waals surface area contributed by atoms with E-state index in [1.807, 2.05) is 0 Å². The summed E-state index contributed by atoms with van der Waals surface area (Å²) >= 11 is 0. The highest BCUT2D eigenvalue weighted by atomic mass is 32.2. The third kappa shape index (κ3) is 2.01. The number of hydrogen-bond donors (Lipinski definition) is 1. The second kappa shape index (κ2) is 4.13. The molecule has 1 aromatic carbocycles. The third-order valence-electron chi connectivity index (χ3n) is 2.30. The minimum atomic E-state index is -4.37. The zero-order valence-corrected chi connectivity index (χ0v) is 9.96. The Morgan fingerprint density at radius 2 is 1.75 bits per heavy atom. The first-order chi connectivity index (χ1) is 7.30. The van der Waals surface area contributed by atoms with Gasteiger partial charge in [0.05, 0.1) is 7.11 Å². The van der Waals surface area contributed by atoms with Gasteiger partial charge in [-0.1, -0.05) is 0 Å². The fourth-order valence-corrected chi connectivity index (χ4v) is 2.15. The third-order valence-corrected chi connectivity index (χ3v) is 3.66. The van der Waals surface area contributed by atoms with Crippen LogP contribution in [0.4, 0.5) is 4.79 Å².